The van der Waals surface area contributed by atoms with Gasteiger partial charge in [-0.25, -0.2) is 4.98 Å². The Morgan fingerprint density at radius 3 is 2.63 bits per heavy atom. The van der Waals surface area contributed by atoms with Gasteiger partial charge >= 0.3 is 0 Å². The van der Waals surface area contributed by atoms with Crippen molar-refractivity contribution in [2.75, 3.05) is 13.7 Å². The van der Waals surface area contributed by atoms with Crippen molar-refractivity contribution < 1.29 is 9.47 Å². The molecule has 0 saturated carbocycles. The Hall–Kier alpha value is -2.04. The molecule has 2 rings (SSSR count). The Balaban J connectivity index is 2.35. The molecule has 5 heteroatoms. The summed E-state index contributed by atoms with van der Waals surface area (Å²) in [6.07, 6.45) is 0. The molecule has 0 unspecified atom stereocenters. The highest BCUT2D eigenvalue weighted by molar-refractivity contribution is 5.60. The first-order valence-electron chi connectivity index (χ1n) is 6.39. The van der Waals surface area contributed by atoms with E-state index in [0.717, 1.165) is 11.4 Å². The van der Waals surface area contributed by atoms with Gasteiger partial charge < -0.3 is 9.47 Å². The zero-order valence-electron chi connectivity index (χ0n) is 11.7. The van der Waals surface area contributed by atoms with Crippen LogP contribution in [0.5, 0.6) is 11.5 Å². The van der Waals surface area contributed by atoms with E-state index in [9.17, 15) is 0 Å². The molecule has 1 heterocycles. The number of aromatic nitrogens is 3. The van der Waals surface area contributed by atoms with Crippen LogP contribution in [-0.4, -0.2) is 28.9 Å². The van der Waals surface area contributed by atoms with Crippen LogP contribution in [0.15, 0.2) is 18.2 Å². The van der Waals surface area contributed by atoms with Gasteiger partial charge in [0.25, 0.3) is 0 Å². The highest BCUT2D eigenvalue weighted by atomic mass is 16.5. The summed E-state index contributed by atoms with van der Waals surface area (Å²) in [6, 6.07) is 5.69. The molecule has 0 spiro atoms. The first-order valence-corrected chi connectivity index (χ1v) is 6.39. The van der Waals surface area contributed by atoms with Crippen molar-refractivity contribution in [3.05, 3.63) is 24.0 Å². The van der Waals surface area contributed by atoms with Crippen molar-refractivity contribution in [2.45, 2.75) is 26.7 Å². The second-order valence-electron chi connectivity index (χ2n) is 4.50. The number of ether oxygens (including phenoxy) is 2. The van der Waals surface area contributed by atoms with Gasteiger partial charge in [0, 0.05) is 11.5 Å². The number of nitrogens with one attached hydrogen (secondary N) is 1. The largest absolute Gasteiger partial charge is 0.493 e. The Bertz CT molecular complexity index is 549. The lowest BCUT2D eigenvalue weighted by Crippen LogP contribution is -1.96. The van der Waals surface area contributed by atoms with Gasteiger partial charge in [-0.05, 0) is 25.1 Å². The normalized spacial score (nSPS) is 10.8. The third-order valence-electron chi connectivity index (χ3n) is 2.77. The summed E-state index contributed by atoms with van der Waals surface area (Å²) in [7, 11) is 1.63. The van der Waals surface area contributed by atoms with Crippen LogP contribution in [0, 0.1) is 0 Å². The molecule has 0 aliphatic carbocycles. The van der Waals surface area contributed by atoms with Crippen LogP contribution in [0.4, 0.5) is 0 Å². The number of methoxy groups -OCH3 is 1. The van der Waals surface area contributed by atoms with E-state index in [1.54, 1.807) is 7.11 Å². The summed E-state index contributed by atoms with van der Waals surface area (Å²) in [5.41, 5.74) is 0.910. The fourth-order valence-corrected chi connectivity index (χ4v) is 1.75. The standard InChI is InChI=1S/C14H19N3O2/c1-5-19-12-8-10(6-7-11(12)18-4)14-15-13(9(2)3)16-17-14/h6-9H,5H2,1-4H3,(H,15,16,17). The zero-order valence-corrected chi connectivity index (χ0v) is 11.7. The lowest BCUT2D eigenvalue weighted by atomic mass is 10.2. The van der Waals surface area contributed by atoms with E-state index in [1.807, 2.05) is 25.1 Å². The number of hydrogen-bond donors (Lipinski definition) is 1. The van der Waals surface area contributed by atoms with Gasteiger partial charge in [-0.3, -0.25) is 5.10 Å². The van der Waals surface area contributed by atoms with E-state index in [0.29, 0.717) is 29.8 Å². The second kappa shape index (κ2) is 5.73. The predicted octanol–water partition coefficient (Wildman–Crippen LogP) is 3.00. The predicted molar refractivity (Wildman–Crippen MR) is 73.6 cm³/mol. The quantitative estimate of drug-likeness (QED) is 0.898. The van der Waals surface area contributed by atoms with Gasteiger partial charge in [-0.1, -0.05) is 13.8 Å². The highest BCUT2D eigenvalue weighted by Crippen LogP contribution is 2.31. The van der Waals surface area contributed by atoms with Crippen LogP contribution in [0.1, 0.15) is 32.5 Å². The molecule has 0 amide bonds. The second-order valence-corrected chi connectivity index (χ2v) is 4.50. The minimum atomic E-state index is 0.325. The first kappa shape index (κ1) is 13.4. The van der Waals surface area contributed by atoms with E-state index in [1.165, 1.54) is 0 Å². The van der Waals surface area contributed by atoms with Crippen molar-refractivity contribution >= 4 is 0 Å². The fraction of sp³-hybridized carbons (Fsp3) is 0.429. The van der Waals surface area contributed by atoms with E-state index in [4.69, 9.17) is 9.47 Å². The highest BCUT2D eigenvalue weighted by Gasteiger charge is 2.11. The maximum absolute atomic E-state index is 5.55. The molecule has 2 aromatic rings. The maximum Gasteiger partial charge on any atom is 0.181 e. The number of aromatic amines is 1. The third-order valence-corrected chi connectivity index (χ3v) is 2.77. The van der Waals surface area contributed by atoms with E-state index in [-0.39, 0.29) is 0 Å². The number of benzene rings is 1. The maximum atomic E-state index is 5.55. The van der Waals surface area contributed by atoms with Gasteiger partial charge in [0.1, 0.15) is 5.82 Å². The summed E-state index contributed by atoms with van der Waals surface area (Å²) in [5.74, 6) is 3.30. The van der Waals surface area contributed by atoms with Crippen LogP contribution >= 0.6 is 0 Å². The lowest BCUT2D eigenvalue weighted by Gasteiger charge is -2.09. The van der Waals surface area contributed by atoms with Crippen molar-refractivity contribution in [3.8, 4) is 22.9 Å². The molecule has 0 aliphatic rings. The summed E-state index contributed by atoms with van der Waals surface area (Å²) >= 11 is 0. The minimum absolute atomic E-state index is 0.325. The lowest BCUT2D eigenvalue weighted by molar-refractivity contribution is 0.311. The number of H-pyrrole nitrogens is 1. The SMILES string of the molecule is CCOc1cc(-c2n[nH]c(C(C)C)n2)ccc1OC. The fourth-order valence-electron chi connectivity index (χ4n) is 1.75. The molecule has 0 radical (unpaired) electrons. The number of nitrogens with zero attached hydrogens (tertiary/aromatic N) is 2. The van der Waals surface area contributed by atoms with Crippen molar-refractivity contribution in [1.82, 2.24) is 15.2 Å². The average Bonchev–Trinajstić information content (AvgIpc) is 2.89. The number of rotatable bonds is 5. The molecule has 1 aromatic carbocycles. The molecule has 5 nitrogen and oxygen atoms in total. The summed E-state index contributed by atoms with van der Waals surface area (Å²) < 4.78 is 10.8. The molecule has 0 atom stereocenters. The van der Waals surface area contributed by atoms with Gasteiger partial charge in [0.15, 0.2) is 17.3 Å². The smallest absolute Gasteiger partial charge is 0.181 e. The van der Waals surface area contributed by atoms with Crippen LogP contribution in [0.2, 0.25) is 0 Å². The van der Waals surface area contributed by atoms with Crippen molar-refractivity contribution in [1.29, 1.82) is 0 Å². The molecule has 19 heavy (non-hydrogen) atoms. The van der Waals surface area contributed by atoms with Crippen molar-refractivity contribution in [3.63, 3.8) is 0 Å². The Morgan fingerprint density at radius 2 is 2.05 bits per heavy atom. The Labute approximate surface area is 113 Å². The van der Waals surface area contributed by atoms with Gasteiger partial charge in [0.2, 0.25) is 0 Å². The molecular formula is C14H19N3O2. The van der Waals surface area contributed by atoms with E-state index < -0.39 is 0 Å². The Kier molecular flexibility index (Phi) is 4.04. The number of hydrogen-bond acceptors (Lipinski definition) is 4. The molecule has 102 valence electrons. The van der Waals surface area contributed by atoms with Crippen LogP contribution in [0.3, 0.4) is 0 Å². The first-order chi connectivity index (χ1) is 9.15. The van der Waals surface area contributed by atoms with Crippen molar-refractivity contribution in [2.24, 2.45) is 0 Å². The molecular weight excluding hydrogens is 242 g/mol. The molecule has 0 aliphatic heterocycles. The molecule has 0 fully saturated rings. The zero-order chi connectivity index (χ0) is 13.8. The van der Waals surface area contributed by atoms with E-state index in [2.05, 4.69) is 29.0 Å². The molecule has 0 bridgehead atoms. The monoisotopic (exact) mass is 261 g/mol. The molecule has 1 aromatic heterocycles. The minimum Gasteiger partial charge on any atom is -0.493 e. The van der Waals surface area contributed by atoms with Gasteiger partial charge in [-0.15, -0.1) is 0 Å². The van der Waals surface area contributed by atoms with Crippen LogP contribution < -0.4 is 9.47 Å². The van der Waals surface area contributed by atoms with Crippen LogP contribution in [-0.2, 0) is 0 Å². The van der Waals surface area contributed by atoms with Crippen LogP contribution in [0.25, 0.3) is 11.4 Å². The van der Waals surface area contributed by atoms with E-state index >= 15 is 0 Å². The summed E-state index contributed by atoms with van der Waals surface area (Å²) in [5, 5.41) is 7.18. The average molecular weight is 261 g/mol. The molecule has 1 N–H and O–H groups in total. The summed E-state index contributed by atoms with van der Waals surface area (Å²) in [6.45, 7) is 6.68. The molecule has 0 saturated heterocycles. The van der Waals surface area contributed by atoms with Gasteiger partial charge in [0.05, 0.1) is 13.7 Å². The van der Waals surface area contributed by atoms with Gasteiger partial charge in [-0.2, -0.15) is 5.10 Å². The summed E-state index contributed by atoms with van der Waals surface area (Å²) in [4.78, 5) is 4.47. The topological polar surface area (TPSA) is 60.0 Å². The Morgan fingerprint density at radius 1 is 1.26 bits per heavy atom. The third kappa shape index (κ3) is 2.86.